The first-order valence-electron chi connectivity index (χ1n) is 5.97. The average molecular weight is 260 g/mol. The Kier molecular flexibility index (Phi) is 2.91. The van der Waals surface area contributed by atoms with Crippen molar-refractivity contribution in [2.45, 2.75) is 18.8 Å². The van der Waals surface area contributed by atoms with Crippen molar-refractivity contribution in [2.75, 3.05) is 6.61 Å². The minimum atomic E-state index is -0.986. The molecule has 1 unspecified atom stereocenters. The van der Waals surface area contributed by atoms with Gasteiger partial charge in [-0.05, 0) is 18.1 Å². The molecule has 98 valence electrons. The standard InChI is InChI=1S/C13H12N2O4/c16-12(17)6-11-14-13(15-19-11)9-5-8-3-1-2-4-10(8)18-7-9/h1-4,9H,5-7H2,(H,16,17). The molecule has 0 radical (unpaired) electrons. The first kappa shape index (κ1) is 11.7. The zero-order valence-corrected chi connectivity index (χ0v) is 10.1. The number of ether oxygens (including phenoxy) is 1. The molecule has 2 aromatic rings. The molecular formula is C13H12N2O4. The molecule has 0 bridgehead atoms. The maximum absolute atomic E-state index is 10.6. The van der Waals surface area contributed by atoms with E-state index >= 15 is 0 Å². The van der Waals surface area contributed by atoms with Crippen LogP contribution in [0, 0.1) is 0 Å². The molecule has 3 rings (SSSR count). The van der Waals surface area contributed by atoms with Crippen LogP contribution in [-0.4, -0.2) is 27.8 Å². The van der Waals surface area contributed by atoms with Crippen LogP contribution in [0.15, 0.2) is 28.8 Å². The molecule has 6 heteroatoms. The second kappa shape index (κ2) is 4.72. The Bertz CT molecular complexity index is 608. The van der Waals surface area contributed by atoms with Crippen LogP contribution >= 0.6 is 0 Å². The number of carboxylic acids is 1. The Hall–Kier alpha value is -2.37. The molecule has 6 nitrogen and oxygen atoms in total. The predicted molar refractivity (Wildman–Crippen MR) is 64.0 cm³/mol. The highest BCUT2D eigenvalue weighted by Crippen LogP contribution is 2.30. The van der Waals surface area contributed by atoms with Crippen LogP contribution in [0.3, 0.4) is 0 Å². The zero-order chi connectivity index (χ0) is 13.2. The number of hydrogen-bond acceptors (Lipinski definition) is 5. The van der Waals surface area contributed by atoms with Gasteiger partial charge in [0.2, 0.25) is 5.89 Å². The lowest BCUT2D eigenvalue weighted by Gasteiger charge is -2.22. The fourth-order valence-corrected chi connectivity index (χ4v) is 2.13. The lowest BCUT2D eigenvalue weighted by Crippen LogP contribution is -2.20. The van der Waals surface area contributed by atoms with Crippen LogP contribution in [0.5, 0.6) is 5.75 Å². The second-order valence-corrected chi connectivity index (χ2v) is 4.44. The lowest BCUT2D eigenvalue weighted by atomic mass is 9.96. The van der Waals surface area contributed by atoms with Crippen molar-refractivity contribution in [3.63, 3.8) is 0 Å². The van der Waals surface area contributed by atoms with Crippen molar-refractivity contribution < 1.29 is 19.2 Å². The number of hydrogen-bond donors (Lipinski definition) is 1. The van der Waals surface area contributed by atoms with Crippen LogP contribution in [0.1, 0.15) is 23.2 Å². The Morgan fingerprint density at radius 3 is 3.11 bits per heavy atom. The van der Waals surface area contributed by atoms with Crippen LogP contribution < -0.4 is 4.74 Å². The van der Waals surface area contributed by atoms with Gasteiger partial charge in [-0.3, -0.25) is 4.79 Å². The summed E-state index contributed by atoms with van der Waals surface area (Å²) in [5, 5.41) is 12.5. The van der Waals surface area contributed by atoms with Gasteiger partial charge in [-0.2, -0.15) is 4.98 Å². The van der Waals surface area contributed by atoms with Gasteiger partial charge < -0.3 is 14.4 Å². The molecule has 2 heterocycles. The topological polar surface area (TPSA) is 85.5 Å². The summed E-state index contributed by atoms with van der Waals surface area (Å²) in [6.07, 6.45) is 0.513. The number of nitrogens with zero attached hydrogens (tertiary/aromatic N) is 2. The Morgan fingerprint density at radius 2 is 2.26 bits per heavy atom. The highest BCUT2D eigenvalue weighted by atomic mass is 16.5. The fraction of sp³-hybridized carbons (Fsp3) is 0.308. The van der Waals surface area contributed by atoms with E-state index in [9.17, 15) is 4.79 Å². The molecule has 1 aromatic heterocycles. The molecule has 0 fully saturated rings. The van der Waals surface area contributed by atoms with Gasteiger partial charge in [-0.1, -0.05) is 23.4 Å². The maximum Gasteiger partial charge on any atom is 0.312 e. The summed E-state index contributed by atoms with van der Waals surface area (Å²) in [5.41, 5.74) is 1.10. The van der Waals surface area contributed by atoms with E-state index in [1.807, 2.05) is 24.3 Å². The molecular weight excluding hydrogens is 248 g/mol. The third-order valence-electron chi connectivity index (χ3n) is 3.03. The molecule has 0 spiro atoms. The van der Waals surface area contributed by atoms with Gasteiger partial charge in [0.05, 0.1) is 12.5 Å². The van der Waals surface area contributed by atoms with Gasteiger partial charge in [-0.15, -0.1) is 0 Å². The van der Waals surface area contributed by atoms with E-state index < -0.39 is 5.97 Å². The normalized spacial score (nSPS) is 17.6. The summed E-state index contributed by atoms with van der Waals surface area (Å²) in [6, 6.07) is 7.81. The van der Waals surface area contributed by atoms with Crippen LogP contribution in [0.4, 0.5) is 0 Å². The molecule has 1 N–H and O–H groups in total. The average Bonchev–Trinajstić information content (AvgIpc) is 2.86. The van der Waals surface area contributed by atoms with Crippen molar-refractivity contribution >= 4 is 5.97 Å². The van der Waals surface area contributed by atoms with E-state index in [0.29, 0.717) is 12.4 Å². The van der Waals surface area contributed by atoms with Crippen molar-refractivity contribution in [3.05, 3.63) is 41.5 Å². The number of carbonyl (C=O) groups is 1. The lowest BCUT2D eigenvalue weighted by molar-refractivity contribution is -0.136. The molecule has 1 aliphatic rings. The van der Waals surface area contributed by atoms with Crippen LogP contribution in [0.2, 0.25) is 0 Å². The molecule has 0 saturated carbocycles. The van der Waals surface area contributed by atoms with E-state index in [1.165, 1.54) is 0 Å². The number of aromatic nitrogens is 2. The van der Waals surface area contributed by atoms with Crippen LogP contribution in [-0.2, 0) is 17.6 Å². The first-order chi connectivity index (χ1) is 9.22. The molecule has 0 amide bonds. The number of para-hydroxylation sites is 1. The minimum absolute atomic E-state index is 0.00111. The summed E-state index contributed by atoms with van der Waals surface area (Å²) in [7, 11) is 0. The predicted octanol–water partition coefficient (Wildman–Crippen LogP) is 1.42. The van der Waals surface area contributed by atoms with Gasteiger partial charge in [0.1, 0.15) is 12.2 Å². The quantitative estimate of drug-likeness (QED) is 0.898. The molecule has 0 saturated heterocycles. The third-order valence-corrected chi connectivity index (χ3v) is 3.03. The van der Waals surface area contributed by atoms with E-state index in [-0.39, 0.29) is 18.2 Å². The van der Waals surface area contributed by atoms with Gasteiger partial charge >= 0.3 is 5.97 Å². The maximum atomic E-state index is 10.6. The van der Waals surface area contributed by atoms with Crippen molar-refractivity contribution in [1.82, 2.24) is 10.1 Å². The largest absolute Gasteiger partial charge is 0.493 e. The Morgan fingerprint density at radius 1 is 1.42 bits per heavy atom. The van der Waals surface area contributed by atoms with E-state index in [2.05, 4.69) is 10.1 Å². The smallest absolute Gasteiger partial charge is 0.312 e. The van der Waals surface area contributed by atoms with Crippen molar-refractivity contribution in [2.24, 2.45) is 0 Å². The van der Waals surface area contributed by atoms with Gasteiger partial charge in [-0.25, -0.2) is 0 Å². The molecule has 1 atom stereocenters. The SMILES string of the molecule is O=C(O)Cc1nc(C2COc3ccccc3C2)no1. The first-order valence-corrected chi connectivity index (χ1v) is 5.97. The van der Waals surface area contributed by atoms with Gasteiger partial charge in [0.15, 0.2) is 5.82 Å². The molecule has 1 aromatic carbocycles. The zero-order valence-electron chi connectivity index (χ0n) is 10.1. The highest BCUT2D eigenvalue weighted by Gasteiger charge is 2.25. The van der Waals surface area contributed by atoms with Crippen molar-refractivity contribution in [3.8, 4) is 5.75 Å². The number of fused-ring (bicyclic) bond motifs is 1. The van der Waals surface area contributed by atoms with Gasteiger partial charge in [0, 0.05) is 0 Å². The van der Waals surface area contributed by atoms with Crippen LogP contribution in [0.25, 0.3) is 0 Å². The summed E-state index contributed by atoms with van der Waals surface area (Å²) < 4.78 is 10.6. The summed E-state index contributed by atoms with van der Waals surface area (Å²) in [6.45, 7) is 0.475. The number of benzene rings is 1. The van der Waals surface area contributed by atoms with Crippen molar-refractivity contribution in [1.29, 1.82) is 0 Å². The number of rotatable bonds is 3. The van der Waals surface area contributed by atoms with E-state index in [0.717, 1.165) is 17.7 Å². The molecule has 19 heavy (non-hydrogen) atoms. The molecule has 1 aliphatic heterocycles. The Labute approximate surface area is 109 Å². The third kappa shape index (κ3) is 2.42. The van der Waals surface area contributed by atoms with E-state index in [4.69, 9.17) is 14.4 Å². The summed E-state index contributed by atoms with van der Waals surface area (Å²) >= 11 is 0. The van der Waals surface area contributed by atoms with Gasteiger partial charge in [0.25, 0.3) is 0 Å². The molecule has 0 aliphatic carbocycles. The summed E-state index contributed by atoms with van der Waals surface area (Å²) in [4.78, 5) is 14.7. The number of carboxylic acid groups (broad SMARTS) is 1. The number of aliphatic carboxylic acids is 1. The van der Waals surface area contributed by atoms with E-state index in [1.54, 1.807) is 0 Å². The second-order valence-electron chi connectivity index (χ2n) is 4.44. The Balaban J connectivity index is 1.77. The highest BCUT2D eigenvalue weighted by molar-refractivity contribution is 5.68. The summed E-state index contributed by atoms with van der Waals surface area (Å²) in [5.74, 6) is 0.529. The fourth-order valence-electron chi connectivity index (χ4n) is 2.13. The monoisotopic (exact) mass is 260 g/mol. The minimum Gasteiger partial charge on any atom is -0.493 e.